The van der Waals surface area contributed by atoms with Crippen LogP contribution < -0.4 is 11.1 Å². The van der Waals surface area contributed by atoms with E-state index in [0.717, 1.165) is 5.56 Å². The van der Waals surface area contributed by atoms with E-state index in [2.05, 4.69) is 10.1 Å². The maximum absolute atomic E-state index is 12.3. The molecular formula is C18H25ClN2O8. The molecular weight excluding hydrogens is 408 g/mol. The molecule has 0 aliphatic rings. The lowest BCUT2D eigenvalue weighted by Gasteiger charge is -2.19. The Morgan fingerprint density at radius 1 is 1.10 bits per heavy atom. The zero-order chi connectivity index (χ0) is 21.1. The molecule has 0 aliphatic carbocycles. The molecule has 0 aromatic heterocycles. The molecule has 0 saturated heterocycles. The van der Waals surface area contributed by atoms with Gasteiger partial charge >= 0.3 is 18.1 Å². The molecule has 0 heterocycles. The molecule has 162 valence electrons. The van der Waals surface area contributed by atoms with Crippen LogP contribution >= 0.6 is 12.4 Å². The summed E-state index contributed by atoms with van der Waals surface area (Å²) in [6.07, 6.45) is -1.93. The maximum atomic E-state index is 12.3. The van der Waals surface area contributed by atoms with Crippen molar-refractivity contribution in [2.45, 2.75) is 44.9 Å². The second kappa shape index (κ2) is 13.3. The van der Waals surface area contributed by atoms with E-state index < -0.39 is 55.4 Å². The number of esters is 1. The van der Waals surface area contributed by atoms with Crippen molar-refractivity contribution in [2.24, 2.45) is 5.73 Å². The predicted molar refractivity (Wildman–Crippen MR) is 103 cm³/mol. The van der Waals surface area contributed by atoms with E-state index in [0.29, 0.717) is 0 Å². The van der Waals surface area contributed by atoms with Gasteiger partial charge in [-0.1, -0.05) is 30.3 Å². The van der Waals surface area contributed by atoms with Gasteiger partial charge in [0.1, 0.15) is 6.04 Å². The smallest absolute Gasteiger partial charge is 0.481 e. The third kappa shape index (κ3) is 10.9. The lowest BCUT2D eigenvalue weighted by atomic mass is 10.1. The van der Waals surface area contributed by atoms with Crippen molar-refractivity contribution < 1.29 is 38.5 Å². The van der Waals surface area contributed by atoms with E-state index in [1.807, 2.05) is 0 Å². The van der Waals surface area contributed by atoms with Crippen LogP contribution in [0.25, 0.3) is 0 Å². The lowest BCUT2D eigenvalue weighted by Crippen LogP contribution is -2.50. The van der Waals surface area contributed by atoms with Gasteiger partial charge in [0.2, 0.25) is 12.7 Å². The Hall–Kier alpha value is -2.85. The normalized spacial score (nSPS) is 12.1. The summed E-state index contributed by atoms with van der Waals surface area (Å²) >= 11 is 0. The summed E-state index contributed by atoms with van der Waals surface area (Å²) in [5.41, 5.74) is 6.23. The molecule has 1 aromatic carbocycles. The summed E-state index contributed by atoms with van der Waals surface area (Å²) in [5.74, 6) is -2.95. The minimum atomic E-state index is -1.33. The topological polar surface area (TPSA) is 154 Å². The van der Waals surface area contributed by atoms with Crippen LogP contribution in [0.1, 0.15) is 25.8 Å². The molecule has 0 radical (unpaired) electrons. The molecule has 1 rings (SSSR count). The van der Waals surface area contributed by atoms with Crippen molar-refractivity contribution in [3.8, 4) is 0 Å². The van der Waals surface area contributed by atoms with Gasteiger partial charge in [-0.3, -0.25) is 9.59 Å². The molecule has 0 spiro atoms. The number of rotatable bonds is 10. The number of carbonyl (C=O) groups is 4. The number of ether oxygens (including phenoxy) is 3. The van der Waals surface area contributed by atoms with E-state index in [1.165, 1.54) is 0 Å². The number of benzene rings is 1. The van der Waals surface area contributed by atoms with Gasteiger partial charge in [0.05, 0.1) is 18.6 Å². The average molecular weight is 433 g/mol. The minimum absolute atomic E-state index is 0. The van der Waals surface area contributed by atoms with E-state index in [1.54, 1.807) is 44.2 Å². The second-order valence-electron chi connectivity index (χ2n) is 6.10. The quantitative estimate of drug-likeness (QED) is 0.362. The first-order valence-electron chi connectivity index (χ1n) is 8.50. The van der Waals surface area contributed by atoms with Crippen LogP contribution in [-0.2, 0) is 35.0 Å². The number of aliphatic carboxylic acids is 1. The fourth-order valence-electron chi connectivity index (χ4n) is 2.07. The monoisotopic (exact) mass is 432 g/mol. The number of halogens is 1. The number of carbonyl (C=O) groups excluding carboxylic acids is 3. The third-order valence-electron chi connectivity index (χ3n) is 3.32. The number of carboxylic acid groups (broad SMARTS) is 1. The van der Waals surface area contributed by atoms with Crippen LogP contribution in [0.5, 0.6) is 0 Å². The zero-order valence-corrected chi connectivity index (χ0v) is 16.8. The molecule has 0 aliphatic heterocycles. The SMILES string of the molecule is CC(C)OC(=O)OCOC(=O)[C@H](Cc1ccccc1)NC(=O)[C@@H](N)CC(=O)O.Cl. The zero-order valence-electron chi connectivity index (χ0n) is 16.0. The van der Waals surface area contributed by atoms with Crippen molar-refractivity contribution in [1.29, 1.82) is 0 Å². The molecule has 10 nitrogen and oxygen atoms in total. The van der Waals surface area contributed by atoms with Crippen molar-refractivity contribution >= 4 is 36.4 Å². The molecule has 29 heavy (non-hydrogen) atoms. The largest absolute Gasteiger partial charge is 0.511 e. The third-order valence-corrected chi connectivity index (χ3v) is 3.32. The summed E-state index contributed by atoms with van der Waals surface area (Å²) < 4.78 is 14.2. The van der Waals surface area contributed by atoms with Crippen LogP contribution in [0.4, 0.5) is 4.79 Å². The van der Waals surface area contributed by atoms with Crippen LogP contribution in [0.3, 0.4) is 0 Å². The Labute approximate surface area is 174 Å². The molecule has 2 atom stereocenters. The number of nitrogens with one attached hydrogen (secondary N) is 1. The number of carboxylic acids is 1. The fraction of sp³-hybridized carbons (Fsp3) is 0.444. The summed E-state index contributed by atoms with van der Waals surface area (Å²) in [5, 5.41) is 11.1. The highest BCUT2D eigenvalue weighted by atomic mass is 35.5. The highest BCUT2D eigenvalue weighted by molar-refractivity contribution is 5.90. The van der Waals surface area contributed by atoms with Gasteiger partial charge in [0.25, 0.3) is 0 Å². The Morgan fingerprint density at radius 2 is 1.72 bits per heavy atom. The molecule has 11 heteroatoms. The summed E-state index contributed by atoms with van der Waals surface area (Å²) in [4.78, 5) is 46.4. The van der Waals surface area contributed by atoms with E-state index >= 15 is 0 Å². The summed E-state index contributed by atoms with van der Waals surface area (Å²) in [6, 6.07) is 6.27. The molecule has 0 bridgehead atoms. The van der Waals surface area contributed by atoms with Gasteiger partial charge in [-0.15, -0.1) is 12.4 Å². The highest BCUT2D eigenvalue weighted by Gasteiger charge is 2.26. The Balaban J connectivity index is 0.00000784. The summed E-state index contributed by atoms with van der Waals surface area (Å²) in [6.45, 7) is 2.55. The molecule has 1 amide bonds. The Morgan fingerprint density at radius 3 is 2.28 bits per heavy atom. The van der Waals surface area contributed by atoms with Crippen molar-refractivity contribution in [3.63, 3.8) is 0 Å². The van der Waals surface area contributed by atoms with Crippen LogP contribution in [0.2, 0.25) is 0 Å². The Kier molecular flexibility index (Phi) is 12.0. The molecule has 0 fully saturated rings. The molecule has 0 saturated carbocycles. The molecule has 4 N–H and O–H groups in total. The van der Waals surface area contributed by atoms with Crippen LogP contribution in [0, 0.1) is 0 Å². The second-order valence-corrected chi connectivity index (χ2v) is 6.10. The summed E-state index contributed by atoms with van der Waals surface area (Å²) in [7, 11) is 0. The average Bonchev–Trinajstić information content (AvgIpc) is 2.60. The first kappa shape index (κ1) is 26.1. The van der Waals surface area contributed by atoms with Gasteiger partial charge in [-0.05, 0) is 19.4 Å². The number of nitrogens with two attached hydrogens (primary N) is 1. The minimum Gasteiger partial charge on any atom is -0.481 e. The standard InChI is InChI=1S/C18H24N2O8.ClH/c1-11(2)28-18(25)27-10-26-17(24)14(8-12-6-4-3-5-7-12)20-16(23)13(19)9-15(21)22;/h3-7,11,13-14H,8-10,19H2,1-2H3,(H,20,23)(H,21,22);1H/t13-,14-;/m0./s1. The van der Waals surface area contributed by atoms with Crippen molar-refractivity contribution in [1.82, 2.24) is 5.32 Å². The Bertz CT molecular complexity index is 684. The van der Waals surface area contributed by atoms with Gasteiger partial charge in [-0.25, -0.2) is 9.59 Å². The lowest BCUT2D eigenvalue weighted by molar-refractivity contribution is -0.157. The van der Waals surface area contributed by atoms with Gasteiger partial charge in [0, 0.05) is 6.42 Å². The number of amides is 1. The van der Waals surface area contributed by atoms with E-state index in [4.69, 9.17) is 20.3 Å². The van der Waals surface area contributed by atoms with E-state index in [9.17, 15) is 19.2 Å². The van der Waals surface area contributed by atoms with Crippen LogP contribution in [0.15, 0.2) is 30.3 Å². The highest BCUT2D eigenvalue weighted by Crippen LogP contribution is 2.06. The van der Waals surface area contributed by atoms with Gasteiger partial charge in [0.15, 0.2) is 0 Å². The van der Waals surface area contributed by atoms with Crippen molar-refractivity contribution in [3.05, 3.63) is 35.9 Å². The van der Waals surface area contributed by atoms with Crippen LogP contribution in [-0.4, -0.2) is 54.1 Å². The first-order valence-corrected chi connectivity index (χ1v) is 8.50. The fourth-order valence-corrected chi connectivity index (χ4v) is 2.07. The maximum Gasteiger partial charge on any atom is 0.511 e. The first-order chi connectivity index (χ1) is 13.2. The van der Waals surface area contributed by atoms with Gasteiger partial charge < -0.3 is 30.4 Å². The number of hydrogen-bond donors (Lipinski definition) is 3. The molecule has 1 aromatic rings. The van der Waals surface area contributed by atoms with Crippen molar-refractivity contribution in [2.75, 3.05) is 6.79 Å². The number of hydrogen-bond acceptors (Lipinski definition) is 8. The predicted octanol–water partition coefficient (Wildman–Crippen LogP) is 1.00. The van der Waals surface area contributed by atoms with E-state index in [-0.39, 0.29) is 18.8 Å². The molecule has 0 unspecified atom stereocenters. The van der Waals surface area contributed by atoms with Gasteiger partial charge in [-0.2, -0.15) is 0 Å².